The molecule has 0 aliphatic heterocycles. The summed E-state index contributed by atoms with van der Waals surface area (Å²) in [7, 11) is -21.3. The number of nitrogens with one attached hydrogen (secondary N) is 1. The van der Waals surface area contributed by atoms with Gasteiger partial charge in [0.05, 0.1) is 5.52 Å². The van der Waals surface area contributed by atoms with E-state index in [1.165, 1.54) is 32.9 Å². The van der Waals surface area contributed by atoms with Crippen molar-refractivity contribution < 1.29 is 67.4 Å². The second-order valence-corrected chi connectivity index (χ2v) is 10.5. The number of aromatic amines is 1. The van der Waals surface area contributed by atoms with Crippen LogP contribution in [0, 0.1) is 0 Å². The molecule has 0 fully saturated rings. The molecule has 0 radical (unpaired) electrons. The van der Waals surface area contributed by atoms with Crippen LogP contribution in [0.2, 0.25) is 0 Å². The Kier molecular flexibility index (Phi) is 6.77. The number of allylic oxidation sites excluding steroid dienone is 4. The minimum Gasteiger partial charge on any atom is 2.00 e. The van der Waals surface area contributed by atoms with Gasteiger partial charge in [-0.2, -0.15) is 0 Å². The molecule has 0 atom stereocenters. The minimum atomic E-state index is -10.7. The van der Waals surface area contributed by atoms with Crippen LogP contribution >= 0.6 is 15.6 Å². The van der Waals surface area contributed by atoms with Crippen LogP contribution in [0.15, 0.2) is 60.7 Å². The van der Waals surface area contributed by atoms with Crippen molar-refractivity contribution in [1.82, 2.24) is 4.98 Å². The summed E-state index contributed by atoms with van der Waals surface area (Å²) >= 11 is 0. The fourth-order valence-electron chi connectivity index (χ4n) is 2.79. The first-order valence-electron chi connectivity index (χ1n) is 8.32. The summed E-state index contributed by atoms with van der Waals surface area (Å²) in [6.45, 7) is 0. The Labute approximate surface area is 188 Å². The van der Waals surface area contributed by atoms with Crippen LogP contribution in [0.25, 0.3) is 27.4 Å². The van der Waals surface area contributed by atoms with Gasteiger partial charge in [-0.3, -0.25) is 0 Å². The number of hydrogen-bond acceptors (Lipinski definition) is 0. The van der Waals surface area contributed by atoms with Gasteiger partial charge in [-0.15, -0.1) is 0 Å². The third kappa shape index (κ3) is 13.5. The van der Waals surface area contributed by atoms with Crippen LogP contribution in [0.5, 0.6) is 0 Å². The molecule has 0 spiro atoms. The maximum Gasteiger partial charge on any atom is 2.00 e. The molecule has 4 rings (SSSR count). The molecule has 3 aromatic rings. The molecule has 2 aromatic carbocycles. The summed E-state index contributed by atoms with van der Waals surface area (Å²) in [5.41, 5.74) is 5.20. The Balaban J connectivity index is 0.000000307. The Morgan fingerprint density at radius 1 is 0.636 bits per heavy atom. The molecule has 1 N–H and O–H groups in total. The molecule has 1 nitrogen and oxygen atoms in total. The third-order valence-electron chi connectivity index (χ3n) is 3.66. The van der Waals surface area contributed by atoms with E-state index >= 15 is 0 Å². The monoisotopic (exact) mass is 577 g/mol. The molecule has 1 aromatic heterocycles. The van der Waals surface area contributed by atoms with Gasteiger partial charge in [0.2, 0.25) is 0 Å². The Bertz CT molecular complexity index is 1170. The first-order valence-corrected chi connectivity index (χ1v) is 12.4. The largest absolute Gasteiger partial charge is 2.00 e. The van der Waals surface area contributed by atoms with Crippen molar-refractivity contribution in [3.05, 3.63) is 66.3 Å². The normalized spacial score (nSPS) is 17.8. The number of hydrogen-bond donors (Lipinski definition) is 1. The summed E-state index contributed by atoms with van der Waals surface area (Å²) in [5.74, 6) is 0. The van der Waals surface area contributed by atoms with Crippen molar-refractivity contribution in [3.8, 4) is 0 Å². The summed E-state index contributed by atoms with van der Waals surface area (Å²) in [5, 5.41) is 2.62. The number of halogens is 12. The second kappa shape index (κ2) is 7.63. The van der Waals surface area contributed by atoms with E-state index in [4.69, 9.17) is 0 Å². The van der Waals surface area contributed by atoms with Crippen molar-refractivity contribution in [2.24, 2.45) is 0 Å². The maximum absolute atomic E-state index is 10.7. The van der Waals surface area contributed by atoms with Crippen molar-refractivity contribution in [2.45, 2.75) is 6.42 Å². The van der Waals surface area contributed by atoms with E-state index in [0.29, 0.717) is 0 Å². The molecule has 0 saturated carbocycles. The molecule has 0 amide bonds. The molecule has 1 aliphatic rings. The standard InChI is InChI=1S/C17H13N.2F6P.Fe/c1-2-7-12(6-1)13-9-5-10-15-14-8-3-4-11-16(14)18-17(13)15;2*1-7(2,3,4,5)6;/h1-6,8-11,18H,7H2;;;/q;2*-1;+2. The first-order chi connectivity index (χ1) is 13.8. The Hall–Kier alpha value is -1.74. The quantitative estimate of drug-likeness (QED) is 0.168. The molecule has 0 unspecified atom stereocenters. The molecule has 16 heteroatoms. The van der Waals surface area contributed by atoms with E-state index in [1.807, 2.05) is 0 Å². The van der Waals surface area contributed by atoms with E-state index < -0.39 is 15.6 Å². The number of benzene rings is 2. The van der Waals surface area contributed by atoms with Gasteiger partial charge in [-0.25, -0.2) is 0 Å². The first kappa shape index (κ1) is 29.3. The molecule has 188 valence electrons. The summed E-state index contributed by atoms with van der Waals surface area (Å²) in [4.78, 5) is 3.55. The smallest absolute Gasteiger partial charge is 2.00 e. The molecule has 33 heavy (non-hydrogen) atoms. The number of fused-ring (bicyclic) bond motifs is 3. The fraction of sp³-hybridized carbons (Fsp3) is 0.0588. The zero-order valence-electron chi connectivity index (χ0n) is 15.8. The molecular formula is C17H13F12FeNP2. The van der Waals surface area contributed by atoms with Crippen LogP contribution in [0.1, 0.15) is 12.0 Å². The predicted octanol–water partition coefficient (Wildman–Crippen LogP) is 11.4. The minimum absolute atomic E-state index is 0. The van der Waals surface area contributed by atoms with Gasteiger partial charge in [0, 0.05) is 21.9 Å². The van der Waals surface area contributed by atoms with E-state index in [2.05, 4.69) is 65.7 Å². The van der Waals surface area contributed by atoms with Crippen LogP contribution in [0.4, 0.5) is 50.4 Å². The van der Waals surface area contributed by atoms with Gasteiger partial charge in [0.1, 0.15) is 0 Å². The molecule has 0 bridgehead atoms. The average Bonchev–Trinajstić information content (AvgIpc) is 3.16. The van der Waals surface area contributed by atoms with Crippen LogP contribution in [0.3, 0.4) is 0 Å². The van der Waals surface area contributed by atoms with E-state index in [1.54, 1.807) is 0 Å². The van der Waals surface area contributed by atoms with Crippen LogP contribution in [-0.2, 0) is 17.1 Å². The molecule has 1 aliphatic carbocycles. The van der Waals surface area contributed by atoms with Gasteiger partial charge < -0.3 is 4.98 Å². The van der Waals surface area contributed by atoms with Crippen molar-refractivity contribution in [1.29, 1.82) is 0 Å². The third-order valence-corrected chi connectivity index (χ3v) is 3.66. The number of H-pyrrole nitrogens is 1. The van der Waals surface area contributed by atoms with Gasteiger partial charge in [0.15, 0.2) is 0 Å². The van der Waals surface area contributed by atoms with Crippen LogP contribution < -0.4 is 0 Å². The molecular weight excluding hydrogens is 564 g/mol. The maximum atomic E-state index is 9.87. The Morgan fingerprint density at radius 3 is 1.61 bits per heavy atom. The summed E-state index contributed by atoms with van der Waals surface area (Å²) in [6, 6.07) is 15.0. The van der Waals surface area contributed by atoms with Crippen molar-refractivity contribution >= 4 is 43.0 Å². The fourth-order valence-corrected chi connectivity index (χ4v) is 2.79. The zero-order valence-corrected chi connectivity index (χ0v) is 18.7. The molecule has 1 heterocycles. The predicted molar refractivity (Wildman–Crippen MR) is 105 cm³/mol. The molecule has 0 saturated heterocycles. The van der Waals surface area contributed by atoms with Gasteiger partial charge in [-0.1, -0.05) is 54.6 Å². The van der Waals surface area contributed by atoms with Crippen molar-refractivity contribution in [2.75, 3.05) is 0 Å². The SMILES string of the molecule is C1=CCC(c2cccc3c2[nH]c2ccccc23)=C1.F[P-](F)(F)(F)(F)F.F[P-](F)(F)(F)(F)F.[Fe+2]. The zero-order chi connectivity index (χ0) is 24.8. The van der Waals surface area contributed by atoms with E-state index in [0.717, 1.165) is 6.42 Å². The summed E-state index contributed by atoms with van der Waals surface area (Å²) < 4.78 is 118. The van der Waals surface area contributed by atoms with E-state index in [-0.39, 0.29) is 17.1 Å². The number of aromatic nitrogens is 1. The number of rotatable bonds is 1. The topological polar surface area (TPSA) is 15.8 Å². The van der Waals surface area contributed by atoms with Gasteiger partial charge in [-0.05, 0) is 18.1 Å². The van der Waals surface area contributed by atoms with Crippen molar-refractivity contribution in [3.63, 3.8) is 0 Å². The van der Waals surface area contributed by atoms with E-state index in [9.17, 15) is 50.4 Å². The van der Waals surface area contributed by atoms with Crippen LogP contribution in [-0.4, -0.2) is 4.98 Å². The second-order valence-electron chi connectivity index (χ2n) is 6.64. The van der Waals surface area contributed by atoms with Gasteiger partial charge >= 0.3 is 83.0 Å². The summed E-state index contributed by atoms with van der Waals surface area (Å²) in [6.07, 6.45) is 7.59. The Morgan fingerprint density at radius 2 is 1.12 bits per heavy atom. The average molecular weight is 577 g/mol. The van der Waals surface area contributed by atoms with Gasteiger partial charge in [0.25, 0.3) is 0 Å². The number of para-hydroxylation sites is 2.